The summed E-state index contributed by atoms with van der Waals surface area (Å²) < 4.78 is 0. The van der Waals surface area contributed by atoms with Gasteiger partial charge in [-0.3, -0.25) is 4.79 Å². The topological polar surface area (TPSA) is 43.1 Å². The number of amides is 1. The molecular formula is C13H9Cl2NO. The van der Waals surface area contributed by atoms with Crippen LogP contribution in [0, 0.1) is 0 Å². The molecule has 86 valence electrons. The van der Waals surface area contributed by atoms with Gasteiger partial charge in [-0.1, -0.05) is 47.5 Å². The molecule has 2 rings (SSSR count). The highest BCUT2D eigenvalue weighted by Gasteiger charge is 2.07. The summed E-state index contributed by atoms with van der Waals surface area (Å²) >= 11 is 12.0. The van der Waals surface area contributed by atoms with Gasteiger partial charge in [0.05, 0.1) is 10.0 Å². The summed E-state index contributed by atoms with van der Waals surface area (Å²) in [6, 6.07) is 12.3. The average Bonchev–Trinajstić information content (AvgIpc) is 2.33. The monoisotopic (exact) mass is 265 g/mol. The Labute approximate surface area is 109 Å². The highest BCUT2D eigenvalue weighted by molar-refractivity contribution is 6.43. The van der Waals surface area contributed by atoms with Gasteiger partial charge >= 0.3 is 0 Å². The zero-order valence-electron chi connectivity index (χ0n) is 8.78. The Kier molecular flexibility index (Phi) is 3.36. The lowest BCUT2D eigenvalue weighted by molar-refractivity contribution is 0.100. The molecule has 2 aromatic rings. The van der Waals surface area contributed by atoms with Crippen molar-refractivity contribution < 1.29 is 4.79 Å². The molecule has 0 saturated carbocycles. The van der Waals surface area contributed by atoms with Crippen LogP contribution in [-0.4, -0.2) is 5.91 Å². The third-order valence-corrected chi connectivity index (χ3v) is 3.25. The van der Waals surface area contributed by atoms with Crippen molar-refractivity contribution >= 4 is 29.1 Å². The van der Waals surface area contributed by atoms with Crippen molar-refractivity contribution in [1.82, 2.24) is 0 Å². The first-order chi connectivity index (χ1) is 8.09. The van der Waals surface area contributed by atoms with Gasteiger partial charge in [0.25, 0.3) is 0 Å². The van der Waals surface area contributed by atoms with Crippen molar-refractivity contribution in [2.24, 2.45) is 5.73 Å². The number of rotatable bonds is 2. The van der Waals surface area contributed by atoms with E-state index in [-0.39, 0.29) is 0 Å². The highest BCUT2D eigenvalue weighted by Crippen LogP contribution is 2.33. The van der Waals surface area contributed by atoms with E-state index in [0.717, 1.165) is 11.1 Å². The molecule has 2 aromatic carbocycles. The minimum atomic E-state index is -0.450. The molecule has 0 spiro atoms. The maximum atomic E-state index is 10.9. The van der Waals surface area contributed by atoms with Crippen LogP contribution in [-0.2, 0) is 0 Å². The maximum Gasteiger partial charge on any atom is 0.248 e. The van der Waals surface area contributed by atoms with Crippen LogP contribution in [0.1, 0.15) is 10.4 Å². The number of hydrogen-bond acceptors (Lipinski definition) is 1. The second kappa shape index (κ2) is 4.78. The normalized spacial score (nSPS) is 10.2. The van der Waals surface area contributed by atoms with Gasteiger partial charge in [-0.2, -0.15) is 0 Å². The third-order valence-electron chi connectivity index (χ3n) is 2.43. The lowest BCUT2D eigenvalue weighted by Gasteiger charge is -2.06. The molecule has 0 aromatic heterocycles. The Morgan fingerprint density at radius 3 is 2.24 bits per heavy atom. The van der Waals surface area contributed by atoms with Crippen molar-refractivity contribution in [2.75, 3.05) is 0 Å². The number of hydrogen-bond donors (Lipinski definition) is 1. The maximum absolute atomic E-state index is 10.9. The zero-order chi connectivity index (χ0) is 12.4. The van der Waals surface area contributed by atoms with Crippen LogP contribution in [0.5, 0.6) is 0 Å². The van der Waals surface area contributed by atoms with E-state index in [1.807, 2.05) is 12.1 Å². The summed E-state index contributed by atoms with van der Waals surface area (Å²) in [6.45, 7) is 0. The largest absolute Gasteiger partial charge is 0.366 e. The fourth-order valence-corrected chi connectivity index (χ4v) is 1.95. The Morgan fingerprint density at radius 1 is 1.00 bits per heavy atom. The van der Waals surface area contributed by atoms with Crippen molar-refractivity contribution in [3.63, 3.8) is 0 Å². The van der Waals surface area contributed by atoms with E-state index in [1.54, 1.807) is 30.3 Å². The summed E-state index contributed by atoms with van der Waals surface area (Å²) in [5, 5.41) is 1.00. The van der Waals surface area contributed by atoms with Crippen LogP contribution < -0.4 is 5.73 Å². The van der Waals surface area contributed by atoms with Crippen LogP contribution in [0.2, 0.25) is 10.0 Å². The van der Waals surface area contributed by atoms with E-state index in [0.29, 0.717) is 15.6 Å². The molecule has 2 N–H and O–H groups in total. The summed E-state index contributed by atoms with van der Waals surface area (Å²) in [4.78, 5) is 10.9. The van der Waals surface area contributed by atoms with Gasteiger partial charge in [0, 0.05) is 11.1 Å². The van der Waals surface area contributed by atoms with Crippen LogP contribution >= 0.6 is 23.2 Å². The Balaban J connectivity index is 2.47. The first-order valence-electron chi connectivity index (χ1n) is 4.94. The SMILES string of the molecule is NC(=O)c1ccc(-c2cccc(Cl)c2Cl)cc1. The Hall–Kier alpha value is -1.51. The number of benzene rings is 2. The predicted octanol–water partition coefficient (Wildman–Crippen LogP) is 3.76. The van der Waals surface area contributed by atoms with Gasteiger partial charge in [-0.15, -0.1) is 0 Å². The minimum absolute atomic E-state index is 0.450. The molecule has 0 heterocycles. The van der Waals surface area contributed by atoms with E-state index in [2.05, 4.69) is 0 Å². The number of primary amides is 1. The minimum Gasteiger partial charge on any atom is -0.366 e. The fourth-order valence-electron chi connectivity index (χ4n) is 1.54. The number of carbonyl (C=O) groups excluding carboxylic acids is 1. The van der Waals surface area contributed by atoms with Crippen molar-refractivity contribution in [3.05, 3.63) is 58.1 Å². The van der Waals surface area contributed by atoms with Gasteiger partial charge < -0.3 is 5.73 Å². The van der Waals surface area contributed by atoms with Crippen LogP contribution in [0.3, 0.4) is 0 Å². The zero-order valence-corrected chi connectivity index (χ0v) is 10.3. The number of halogens is 2. The molecule has 0 aliphatic heterocycles. The summed E-state index contributed by atoms with van der Waals surface area (Å²) in [6.07, 6.45) is 0. The molecule has 2 nitrogen and oxygen atoms in total. The molecule has 0 atom stereocenters. The van der Waals surface area contributed by atoms with E-state index in [4.69, 9.17) is 28.9 Å². The van der Waals surface area contributed by atoms with E-state index in [1.165, 1.54) is 0 Å². The van der Waals surface area contributed by atoms with Crippen molar-refractivity contribution in [1.29, 1.82) is 0 Å². The van der Waals surface area contributed by atoms with Crippen molar-refractivity contribution in [2.45, 2.75) is 0 Å². The Morgan fingerprint density at radius 2 is 1.65 bits per heavy atom. The molecule has 0 radical (unpaired) electrons. The van der Waals surface area contributed by atoms with Crippen molar-refractivity contribution in [3.8, 4) is 11.1 Å². The number of nitrogens with two attached hydrogens (primary N) is 1. The van der Waals surface area contributed by atoms with Gasteiger partial charge in [0.2, 0.25) is 5.91 Å². The molecule has 0 unspecified atom stereocenters. The van der Waals surface area contributed by atoms with Gasteiger partial charge in [-0.25, -0.2) is 0 Å². The van der Waals surface area contributed by atoms with Crippen LogP contribution in [0.25, 0.3) is 11.1 Å². The molecule has 0 saturated heterocycles. The standard InChI is InChI=1S/C13H9Cl2NO/c14-11-3-1-2-10(12(11)15)8-4-6-9(7-5-8)13(16)17/h1-7H,(H2,16,17). The predicted molar refractivity (Wildman–Crippen MR) is 70.4 cm³/mol. The lowest BCUT2D eigenvalue weighted by Crippen LogP contribution is -2.10. The molecule has 17 heavy (non-hydrogen) atoms. The highest BCUT2D eigenvalue weighted by atomic mass is 35.5. The lowest BCUT2D eigenvalue weighted by atomic mass is 10.0. The molecular weight excluding hydrogens is 257 g/mol. The smallest absolute Gasteiger partial charge is 0.248 e. The molecule has 0 bridgehead atoms. The summed E-state index contributed by atoms with van der Waals surface area (Å²) in [5.74, 6) is -0.450. The fraction of sp³-hybridized carbons (Fsp3) is 0. The van der Waals surface area contributed by atoms with E-state index < -0.39 is 5.91 Å². The van der Waals surface area contributed by atoms with E-state index >= 15 is 0 Å². The Bertz CT molecular complexity index is 564. The van der Waals surface area contributed by atoms with Gasteiger partial charge in [0.1, 0.15) is 0 Å². The molecule has 0 aliphatic rings. The first-order valence-corrected chi connectivity index (χ1v) is 5.69. The summed E-state index contributed by atoms with van der Waals surface area (Å²) in [5.41, 5.74) is 7.36. The third kappa shape index (κ3) is 2.43. The number of carbonyl (C=O) groups is 1. The molecule has 1 amide bonds. The second-order valence-corrected chi connectivity index (χ2v) is 4.33. The summed E-state index contributed by atoms with van der Waals surface area (Å²) in [7, 11) is 0. The molecule has 0 fully saturated rings. The van der Waals surface area contributed by atoms with Gasteiger partial charge in [-0.05, 0) is 23.8 Å². The van der Waals surface area contributed by atoms with E-state index in [9.17, 15) is 4.79 Å². The molecule has 4 heteroatoms. The average molecular weight is 266 g/mol. The first kappa shape index (κ1) is 12.0. The second-order valence-electron chi connectivity index (χ2n) is 3.54. The molecule has 0 aliphatic carbocycles. The quantitative estimate of drug-likeness (QED) is 0.883. The van der Waals surface area contributed by atoms with Crippen LogP contribution in [0.15, 0.2) is 42.5 Å². The van der Waals surface area contributed by atoms with Gasteiger partial charge in [0.15, 0.2) is 0 Å². The van der Waals surface area contributed by atoms with Crippen LogP contribution in [0.4, 0.5) is 0 Å².